The first-order valence-corrected chi connectivity index (χ1v) is 6.44. The Balaban J connectivity index is 1.99. The molecule has 5 heteroatoms. The van der Waals surface area contributed by atoms with Crippen molar-refractivity contribution in [2.24, 2.45) is 11.3 Å². The van der Waals surface area contributed by atoms with Gasteiger partial charge in [-0.05, 0) is 37.0 Å². The van der Waals surface area contributed by atoms with Crippen LogP contribution in [0.15, 0.2) is 4.42 Å². The molecule has 0 saturated heterocycles. The quantitative estimate of drug-likeness (QED) is 0.875. The molecule has 1 fully saturated rings. The third-order valence-corrected chi connectivity index (χ3v) is 3.92. The Hall–Kier alpha value is -1.39. The topological polar surface area (TPSA) is 76.2 Å². The molecule has 1 aromatic heterocycles. The Labute approximate surface area is 107 Å². The minimum atomic E-state index is -1.16. The summed E-state index contributed by atoms with van der Waals surface area (Å²) < 4.78 is 5.18. The zero-order valence-electron chi connectivity index (χ0n) is 11.1. The van der Waals surface area contributed by atoms with E-state index >= 15 is 0 Å². The number of aromatic nitrogens is 2. The molecule has 1 aromatic rings. The number of nitrogens with zero attached hydrogens (tertiary/aromatic N) is 2. The molecule has 0 aromatic carbocycles. The lowest BCUT2D eigenvalue weighted by Crippen LogP contribution is -2.25. The highest BCUT2D eigenvalue weighted by molar-refractivity contribution is 5.81. The number of carboxylic acid groups (broad SMARTS) is 1. The Morgan fingerprint density at radius 1 is 1.22 bits per heavy atom. The highest BCUT2D eigenvalue weighted by Gasteiger charge is 2.32. The lowest BCUT2D eigenvalue weighted by atomic mass is 9.70. The number of aromatic carboxylic acids is 1. The van der Waals surface area contributed by atoms with Gasteiger partial charge in [-0.3, -0.25) is 0 Å². The summed E-state index contributed by atoms with van der Waals surface area (Å²) in [4.78, 5) is 10.7. The number of hydrogen-bond acceptors (Lipinski definition) is 4. The molecule has 100 valence electrons. The SMILES string of the molecule is CC(C)(C)C1CCC(c2nnc(C(=O)O)o2)CC1. The molecule has 18 heavy (non-hydrogen) atoms. The van der Waals surface area contributed by atoms with Crippen LogP contribution in [0.3, 0.4) is 0 Å². The normalized spacial score (nSPS) is 25.1. The molecule has 0 aliphatic heterocycles. The van der Waals surface area contributed by atoms with Crippen LogP contribution in [-0.2, 0) is 0 Å². The Morgan fingerprint density at radius 3 is 2.28 bits per heavy atom. The maximum absolute atomic E-state index is 10.7. The van der Waals surface area contributed by atoms with Crippen molar-refractivity contribution in [3.05, 3.63) is 11.8 Å². The summed E-state index contributed by atoms with van der Waals surface area (Å²) in [7, 11) is 0. The van der Waals surface area contributed by atoms with Gasteiger partial charge in [0, 0.05) is 5.92 Å². The van der Waals surface area contributed by atoms with E-state index in [0.29, 0.717) is 11.3 Å². The smallest absolute Gasteiger partial charge is 0.393 e. The molecule has 1 heterocycles. The van der Waals surface area contributed by atoms with Gasteiger partial charge in [-0.15, -0.1) is 10.2 Å². The van der Waals surface area contributed by atoms with E-state index in [9.17, 15) is 4.79 Å². The average molecular weight is 252 g/mol. The molecule has 0 spiro atoms. The number of carbonyl (C=O) groups is 1. The van der Waals surface area contributed by atoms with Crippen LogP contribution in [0.5, 0.6) is 0 Å². The van der Waals surface area contributed by atoms with Crippen LogP contribution >= 0.6 is 0 Å². The van der Waals surface area contributed by atoms with Gasteiger partial charge >= 0.3 is 11.9 Å². The molecule has 0 radical (unpaired) electrons. The van der Waals surface area contributed by atoms with Crippen molar-refractivity contribution in [3.8, 4) is 0 Å². The van der Waals surface area contributed by atoms with Crippen LogP contribution in [0, 0.1) is 11.3 Å². The van der Waals surface area contributed by atoms with Crippen molar-refractivity contribution in [1.82, 2.24) is 10.2 Å². The van der Waals surface area contributed by atoms with Crippen LogP contribution in [0.2, 0.25) is 0 Å². The van der Waals surface area contributed by atoms with Crippen LogP contribution in [0.25, 0.3) is 0 Å². The zero-order valence-corrected chi connectivity index (χ0v) is 11.1. The second kappa shape index (κ2) is 4.71. The molecule has 1 N–H and O–H groups in total. The number of rotatable bonds is 2. The lowest BCUT2D eigenvalue weighted by Gasteiger charge is -2.35. The molecule has 0 amide bonds. The molecule has 0 atom stereocenters. The first-order chi connectivity index (χ1) is 8.38. The molecular weight excluding hydrogens is 232 g/mol. The summed E-state index contributed by atoms with van der Waals surface area (Å²) in [5.74, 6) is -0.0281. The summed E-state index contributed by atoms with van der Waals surface area (Å²) in [5, 5.41) is 16.1. The maximum atomic E-state index is 10.7. The van der Waals surface area contributed by atoms with Gasteiger partial charge in [-0.25, -0.2) is 4.79 Å². The summed E-state index contributed by atoms with van der Waals surface area (Å²) in [6.45, 7) is 6.81. The third kappa shape index (κ3) is 2.71. The summed E-state index contributed by atoms with van der Waals surface area (Å²) in [5.41, 5.74) is 0.339. The van der Waals surface area contributed by atoms with Crippen LogP contribution < -0.4 is 0 Å². The minimum Gasteiger partial charge on any atom is -0.474 e. The van der Waals surface area contributed by atoms with E-state index in [0.717, 1.165) is 31.6 Å². The molecule has 0 unspecified atom stereocenters. The van der Waals surface area contributed by atoms with Crippen LogP contribution in [0.4, 0.5) is 0 Å². The van der Waals surface area contributed by atoms with Crippen molar-refractivity contribution >= 4 is 5.97 Å². The van der Waals surface area contributed by atoms with Gasteiger partial charge in [0.1, 0.15) is 0 Å². The predicted octanol–water partition coefficient (Wildman–Crippen LogP) is 3.09. The largest absolute Gasteiger partial charge is 0.474 e. The third-order valence-electron chi connectivity index (χ3n) is 3.92. The van der Waals surface area contributed by atoms with Gasteiger partial charge in [0.05, 0.1) is 0 Å². The van der Waals surface area contributed by atoms with Gasteiger partial charge in [0.15, 0.2) is 0 Å². The first kappa shape index (κ1) is 13.1. The van der Waals surface area contributed by atoms with Crippen LogP contribution in [-0.4, -0.2) is 21.3 Å². The highest BCUT2D eigenvalue weighted by atomic mass is 16.4. The molecule has 0 bridgehead atoms. The fourth-order valence-electron chi connectivity index (χ4n) is 2.69. The van der Waals surface area contributed by atoms with E-state index in [4.69, 9.17) is 9.52 Å². The van der Waals surface area contributed by atoms with Gasteiger partial charge in [0.2, 0.25) is 5.89 Å². The Morgan fingerprint density at radius 2 is 1.83 bits per heavy atom. The van der Waals surface area contributed by atoms with E-state index in [1.807, 2.05) is 0 Å². The number of carboxylic acids is 1. The minimum absolute atomic E-state index is 0.226. The van der Waals surface area contributed by atoms with Crippen molar-refractivity contribution in [2.45, 2.75) is 52.4 Å². The Kier molecular flexibility index (Phi) is 3.41. The average Bonchev–Trinajstić information content (AvgIpc) is 2.77. The van der Waals surface area contributed by atoms with Crippen molar-refractivity contribution in [2.75, 3.05) is 0 Å². The summed E-state index contributed by atoms with van der Waals surface area (Å²) >= 11 is 0. The molecular formula is C13H20N2O3. The molecule has 1 saturated carbocycles. The molecule has 1 aliphatic carbocycles. The van der Waals surface area contributed by atoms with Gasteiger partial charge in [-0.1, -0.05) is 20.8 Å². The standard InChI is InChI=1S/C13H20N2O3/c1-13(2,3)9-6-4-8(5-7-9)10-14-15-11(18-10)12(16)17/h8-9H,4-7H2,1-3H3,(H,16,17). The summed E-state index contributed by atoms with van der Waals surface area (Å²) in [6.07, 6.45) is 4.28. The maximum Gasteiger partial charge on any atom is 0.393 e. The lowest BCUT2D eigenvalue weighted by molar-refractivity contribution is 0.0649. The van der Waals surface area contributed by atoms with Crippen molar-refractivity contribution in [3.63, 3.8) is 0 Å². The van der Waals surface area contributed by atoms with E-state index < -0.39 is 5.97 Å². The zero-order chi connectivity index (χ0) is 13.3. The second-order valence-corrected chi connectivity index (χ2v) is 6.17. The van der Waals surface area contributed by atoms with E-state index in [1.165, 1.54) is 0 Å². The highest BCUT2D eigenvalue weighted by Crippen LogP contribution is 2.42. The van der Waals surface area contributed by atoms with Crippen molar-refractivity contribution < 1.29 is 14.3 Å². The van der Waals surface area contributed by atoms with Crippen LogP contribution in [0.1, 0.15) is 68.9 Å². The second-order valence-electron chi connectivity index (χ2n) is 6.17. The van der Waals surface area contributed by atoms with E-state index in [1.54, 1.807) is 0 Å². The fraction of sp³-hybridized carbons (Fsp3) is 0.769. The molecule has 5 nitrogen and oxygen atoms in total. The molecule has 2 rings (SSSR count). The van der Waals surface area contributed by atoms with E-state index in [2.05, 4.69) is 31.0 Å². The Bertz CT molecular complexity index is 426. The van der Waals surface area contributed by atoms with Gasteiger partial charge in [-0.2, -0.15) is 0 Å². The fourth-order valence-corrected chi connectivity index (χ4v) is 2.69. The van der Waals surface area contributed by atoms with E-state index in [-0.39, 0.29) is 11.8 Å². The monoisotopic (exact) mass is 252 g/mol. The van der Waals surface area contributed by atoms with Gasteiger partial charge in [0.25, 0.3) is 0 Å². The molecule has 1 aliphatic rings. The number of hydrogen-bond donors (Lipinski definition) is 1. The first-order valence-electron chi connectivity index (χ1n) is 6.44. The predicted molar refractivity (Wildman–Crippen MR) is 65.4 cm³/mol. The van der Waals surface area contributed by atoms with Gasteiger partial charge < -0.3 is 9.52 Å². The van der Waals surface area contributed by atoms with Crippen molar-refractivity contribution in [1.29, 1.82) is 0 Å². The summed E-state index contributed by atoms with van der Waals surface area (Å²) in [6, 6.07) is 0.